The number of nitrogens with zero attached hydrogens (tertiary/aromatic N) is 2. The van der Waals surface area contributed by atoms with Gasteiger partial charge in [-0.25, -0.2) is 9.97 Å². The van der Waals surface area contributed by atoms with Crippen LogP contribution in [0.1, 0.15) is 0 Å². The van der Waals surface area contributed by atoms with Gasteiger partial charge in [-0.15, -0.1) is 0 Å². The van der Waals surface area contributed by atoms with Crippen molar-refractivity contribution in [2.24, 2.45) is 0 Å². The monoisotopic (exact) mass is 333 g/mol. The fourth-order valence-electron chi connectivity index (χ4n) is 2.80. The summed E-state index contributed by atoms with van der Waals surface area (Å²) in [5.74, 6) is 1.92. The van der Waals surface area contributed by atoms with E-state index in [1.54, 1.807) is 31.4 Å². The molecule has 0 atom stereocenters. The second-order valence-corrected chi connectivity index (χ2v) is 5.52. The number of benzene rings is 2. The third-order valence-electron chi connectivity index (χ3n) is 4.03. The van der Waals surface area contributed by atoms with Gasteiger partial charge in [0.2, 0.25) is 5.71 Å². The normalized spacial score (nSPS) is 10.9. The lowest BCUT2D eigenvalue weighted by atomic mass is 9.99. The maximum Gasteiger partial charge on any atom is 0.232 e. The number of aromatic nitrogens is 2. The van der Waals surface area contributed by atoms with Gasteiger partial charge in [-0.05, 0) is 42.0 Å². The number of phenols is 1. The van der Waals surface area contributed by atoms with Crippen LogP contribution < -0.4 is 10.5 Å². The smallest absolute Gasteiger partial charge is 0.232 e. The summed E-state index contributed by atoms with van der Waals surface area (Å²) in [5, 5.41) is 10.2. The third-order valence-corrected chi connectivity index (χ3v) is 4.03. The van der Waals surface area contributed by atoms with E-state index >= 15 is 0 Å². The number of methoxy groups -OCH3 is 1. The van der Waals surface area contributed by atoms with Gasteiger partial charge < -0.3 is 20.0 Å². The van der Waals surface area contributed by atoms with Crippen LogP contribution in [0.5, 0.6) is 11.5 Å². The molecule has 4 aromatic rings. The molecule has 6 heteroatoms. The average molecular weight is 333 g/mol. The average Bonchev–Trinajstić information content (AvgIpc) is 3.03. The zero-order chi connectivity index (χ0) is 17.4. The zero-order valence-corrected chi connectivity index (χ0v) is 13.4. The number of hydrogen-bond acceptors (Lipinski definition) is 6. The van der Waals surface area contributed by atoms with Crippen molar-refractivity contribution in [3.05, 3.63) is 54.9 Å². The summed E-state index contributed by atoms with van der Waals surface area (Å²) in [6.07, 6.45) is 1.37. The number of furan rings is 1. The molecule has 2 heterocycles. The van der Waals surface area contributed by atoms with Gasteiger partial charge in [0.05, 0.1) is 12.5 Å². The second kappa shape index (κ2) is 5.83. The number of ether oxygens (including phenoxy) is 1. The Hall–Kier alpha value is -3.54. The van der Waals surface area contributed by atoms with Gasteiger partial charge in [-0.3, -0.25) is 0 Å². The highest BCUT2D eigenvalue weighted by molar-refractivity contribution is 6.05. The van der Waals surface area contributed by atoms with Gasteiger partial charge in [-0.1, -0.05) is 12.1 Å². The molecule has 0 aliphatic heterocycles. The summed E-state index contributed by atoms with van der Waals surface area (Å²) >= 11 is 0. The Kier molecular flexibility index (Phi) is 3.50. The van der Waals surface area contributed by atoms with Crippen LogP contribution in [-0.2, 0) is 0 Å². The first kappa shape index (κ1) is 15.0. The van der Waals surface area contributed by atoms with E-state index in [2.05, 4.69) is 9.97 Å². The third kappa shape index (κ3) is 2.53. The summed E-state index contributed by atoms with van der Waals surface area (Å²) in [6, 6.07) is 14.4. The molecule has 4 rings (SSSR count). The van der Waals surface area contributed by atoms with Crippen molar-refractivity contribution >= 4 is 16.9 Å². The molecule has 0 aliphatic rings. The van der Waals surface area contributed by atoms with Crippen molar-refractivity contribution in [3.63, 3.8) is 0 Å². The van der Waals surface area contributed by atoms with Crippen molar-refractivity contribution < 1.29 is 14.3 Å². The van der Waals surface area contributed by atoms with Gasteiger partial charge in [0.15, 0.2) is 0 Å². The van der Waals surface area contributed by atoms with E-state index in [0.29, 0.717) is 22.7 Å². The minimum atomic E-state index is 0.187. The van der Waals surface area contributed by atoms with Gasteiger partial charge in [0.1, 0.15) is 29.4 Å². The Morgan fingerprint density at radius 1 is 0.960 bits per heavy atom. The van der Waals surface area contributed by atoms with Crippen LogP contribution in [0.2, 0.25) is 0 Å². The number of nitrogen functional groups attached to an aromatic ring is 1. The number of anilines is 1. The molecular formula is C19H15N3O3. The largest absolute Gasteiger partial charge is 0.508 e. The molecule has 25 heavy (non-hydrogen) atoms. The minimum absolute atomic E-state index is 0.187. The number of phenolic OH excluding ortho intramolecular Hbond substituents is 1. The molecule has 3 N–H and O–H groups in total. The van der Waals surface area contributed by atoms with Crippen molar-refractivity contribution in [2.75, 3.05) is 12.8 Å². The standard InChI is InChI=1S/C19H15N3O3/c1-24-14-8-4-12(5-9-14)17-15(11-2-6-13(23)7-3-11)16-18(20)21-10-22-19(16)25-17/h2-10,23H,1H3,(H2,20,21,22). The maximum absolute atomic E-state index is 9.58. The molecule has 2 aromatic heterocycles. The summed E-state index contributed by atoms with van der Waals surface area (Å²) in [7, 11) is 1.62. The van der Waals surface area contributed by atoms with Crippen LogP contribution in [-0.4, -0.2) is 22.2 Å². The van der Waals surface area contributed by atoms with Crippen molar-refractivity contribution in [1.29, 1.82) is 0 Å². The number of rotatable bonds is 3. The molecule has 0 fully saturated rings. The van der Waals surface area contributed by atoms with Crippen molar-refractivity contribution in [3.8, 4) is 33.9 Å². The SMILES string of the molecule is COc1ccc(-c2oc3ncnc(N)c3c2-c2ccc(O)cc2)cc1. The van der Waals surface area contributed by atoms with Crippen LogP contribution in [0.25, 0.3) is 33.6 Å². The van der Waals surface area contributed by atoms with Crippen LogP contribution in [0.15, 0.2) is 59.3 Å². The fourth-order valence-corrected chi connectivity index (χ4v) is 2.80. The fraction of sp³-hybridized carbons (Fsp3) is 0.0526. The highest BCUT2D eigenvalue weighted by Gasteiger charge is 2.21. The predicted octanol–water partition coefficient (Wildman–Crippen LogP) is 3.85. The first-order chi connectivity index (χ1) is 12.2. The number of aromatic hydroxyl groups is 1. The van der Waals surface area contributed by atoms with Gasteiger partial charge in [-0.2, -0.15) is 0 Å². The minimum Gasteiger partial charge on any atom is -0.508 e. The molecule has 0 aliphatic carbocycles. The molecule has 2 aromatic carbocycles. The molecule has 124 valence electrons. The topological polar surface area (TPSA) is 94.4 Å². The first-order valence-corrected chi connectivity index (χ1v) is 7.64. The predicted molar refractivity (Wildman–Crippen MR) is 95.3 cm³/mol. The zero-order valence-electron chi connectivity index (χ0n) is 13.4. The van der Waals surface area contributed by atoms with E-state index in [9.17, 15) is 5.11 Å². The summed E-state index contributed by atoms with van der Waals surface area (Å²) < 4.78 is 11.2. The van der Waals surface area contributed by atoms with Crippen LogP contribution in [0, 0.1) is 0 Å². The highest BCUT2D eigenvalue weighted by atomic mass is 16.5. The number of hydrogen-bond donors (Lipinski definition) is 2. The quantitative estimate of drug-likeness (QED) is 0.591. The molecule has 0 saturated carbocycles. The molecule has 0 amide bonds. The van der Waals surface area contributed by atoms with Gasteiger partial charge in [0, 0.05) is 11.1 Å². The van der Waals surface area contributed by atoms with Crippen LogP contribution in [0.3, 0.4) is 0 Å². The van der Waals surface area contributed by atoms with E-state index in [0.717, 1.165) is 22.4 Å². The number of fused-ring (bicyclic) bond motifs is 1. The lowest BCUT2D eigenvalue weighted by Crippen LogP contribution is -1.92. The summed E-state index contributed by atoms with van der Waals surface area (Å²) in [5.41, 5.74) is 9.00. The van der Waals surface area contributed by atoms with E-state index in [1.165, 1.54) is 6.33 Å². The Bertz CT molecular complexity index is 1040. The van der Waals surface area contributed by atoms with Crippen molar-refractivity contribution in [2.45, 2.75) is 0 Å². The first-order valence-electron chi connectivity index (χ1n) is 7.64. The second-order valence-electron chi connectivity index (χ2n) is 5.52. The Balaban J connectivity index is 2.01. The van der Waals surface area contributed by atoms with E-state index in [1.807, 2.05) is 24.3 Å². The Morgan fingerprint density at radius 2 is 1.64 bits per heavy atom. The lowest BCUT2D eigenvalue weighted by molar-refractivity contribution is 0.415. The van der Waals surface area contributed by atoms with E-state index in [-0.39, 0.29) is 5.75 Å². The molecule has 0 unspecified atom stereocenters. The van der Waals surface area contributed by atoms with Gasteiger partial charge in [0.25, 0.3) is 0 Å². The van der Waals surface area contributed by atoms with Crippen molar-refractivity contribution in [1.82, 2.24) is 9.97 Å². The van der Waals surface area contributed by atoms with E-state index in [4.69, 9.17) is 14.9 Å². The molecule has 0 spiro atoms. The van der Waals surface area contributed by atoms with Crippen LogP contribution in [0.4, 0.5) is 5.82 Å². The summed E-state index contributed by atoms with van der Waals surface area (Å²) in [6.45, 7) is 0. The molecule has 0 saturated heterocycles. The Morgan fingerprint density at radius 3 is 2.32 bits per heavy atom. The van der Waals surface area contributed by atoms with Crippen LogP contribution >= 0.6 is 0 Å². The number of nitrogens with two attached hydrogens (primary N) is 1. The van der Waals surface area contributed by atoms with Gasteiger partial charge >= 0.3 is 0 Å². The highest BCUT2D eigenvalue weighted by Crippen LogP contribution is 2.42. The molecule has 0 bridgehead atoms. The molecule has 6 nitrogen and oxygen atoms in total. The molecular weight excluding hydrogens is 318 g/mol. The lowest BCUT2D eigenvalue weighted by Gasteiger charge is -2.06. The maximum atomic E-state index is 9.58. The van der Waals surface area contributed by atoms with E-state index < -0.39 is 0 Å². The Labute approximate surface area is 143 Å². The molecule has 0 radical (unpaired) electrons. The summed E-state index contributed by atoms with van der Waals surface area (Å²) in [4.78, 5) is 8.28.